The molecule has 0 unspecified atom stereocenters. The van der Waals surface area contributed by atoms with Crippen LogP contribution in [0, 0.1) is 0 Å². The number of nitrogens with one attached hydrogen (secondary N) is 1. The molecule has 0 saturated carbocycles. The molecule has 9 heteroatoms. The number of alkyl halides is 3. The molecule has 26 heavy (non-hydrogen) atoms. The van der Waals surface area contributed by atoms with Crippen molar-refractivity contribution in [2.45, 2.75) is 11.9 Å². The molecule has 138 valence electrons. The third-order valence-electron chi connectivity index (χ3n) is 3.25. The summed E-state index contributed by atoms with van der Waals surface area (Å²) in [7, 11) is 1.11. The molecule has 0 aliphatic rings. The van der Waals surface area contributed by atoms with Crippen molar-refractivity contribution in [2.75, 3.05) is 18.2 Å². The van der Waals surface area contributed by atoms with Crippen molar-refractivity contribution in [2.24, 2.45) is 0 Å². The lowest BCUT2D eigenvalue weighted by atomic mass is 10.1. The van der Waals surface area contributed by atoms with E-state index in [1.807, 2.05) is 6.07 Å². The van der Waals surface area contributed by atoms with Crippen LogP contribution < -0.4 is 5.32 Å². The Bertz CT molecular complexity index is 783. The van der Waals surface area contributed by atoms with Gasteiger partial charge in [0.15, 0.2) is 0 Å². The summed E-state index contributed by atoms with van der Waals surface area (Å²) in [5, 5.41) is 2.35. The van der Waals surface area contributed by atoms with Crippen LogP contribution in [-0.4, -0.2) is 29.7 Å². The summed E-state index contributed by atoms with van der Waals surface area (Å²) in [6.07, 6.45) is -1.31. The molecule has 0 radical (unpaired) electrons. The predicted molar refractivity (Wildman–Crippen MR) is 91.8 cm³/mol. The van der Waals surface area contributed by atoms with Gasteiger partial charge in [0.05, 0.1) is 29.7 Å². The number of halogens is 3. The number of methoxy groups -OCH3 is 1. The Morgan fingerprint density at radius 1 is 1.27 bits per heavy atom. The average molecular weight is 384 g/mol. The molecule has 0 spiro atoms. The zero-order valence-electron chi connectivity index (χ0n) is 13.7. The number of hydrogen-bond donors (Lipinski definition) is 1. The van der Waals surface area contributed by atoms with Gasteiger partial charge in [-0.25, -0.2) is 4.79 Å². The first kappa shape index (κ1) is 19.8. The molecule has 1 aromatic carbocycles. The number of ether oxygens (including phenoxy) is 1. The van der Waals surface area contributed by atoms with Crippen LogP contribution in [0.2, 0.25) is 0 Å². The van der Waals surface area contributed by atoms with E-state index in [4.69, 9.17) is 0 Å². The highest BCUT2D eigenvalue weighted by atomic mass is 32.2. The Kier molecular flexibility index (Phi) is 6.62. The van der Waals surface area contributed by atoms with Crippen LogP contribution >= 0.6 is 11.8 Å². The molecule has 5 nitrogen and oxygen atoms in total. The van der Waals surface area contributed by atoms with Gasteiger partial charge in [0.1, 0.15) is 0 Å². The third kappa shape index (κ3) is 5.48. The molecule has 2 rings (SSSR count). The largest absolute Gasteiger partial charge is 0.465 e. The van der Waals surface area contributed by atoms with Gasteiger partial charge in [-0.2, -0.15) is 13.2 Å². The highest BCUT2D eigenvalue weighted by Crippen LogP contribution is 2.32. The van der Waals surface area contributed by atoms with Crippen molar-refractivity contribution in [1.82, 2.24) is 4.98 Å². The van der Waals surface area contributed by atoms with E-state index in [9.17, 15) is 22.8 Å². The Morgan fingerprint density at radius 3 is 2.65 bits per heavy atom. The van der Waals surface area contributed by atoms with Crippen molar-refractivity contribution in [3.05, 3.63) is 59.4 Å². The normalized spacial score (nSPS) is 11.1. The fourth-order valence-electron chi connectivity index (χ4n) is 2.04. The van der Waals surface area contributed by atoms with Crippen LogP contribution in [0.4, 0.5) is 18.9 Å². The van der Waals surface area contributed by atoms with Gasteiger partial charge in [-0.1, -0.05) is 6.07 Å². The second-order valence-electron chi connectivity index (χ2n) is 5.15. The van der Waals surface area contributed by atoms with E-state index in [-0.39, 0.29) is 17.0 Å². The SMILES string of the molecule is COC(=O)c1ccc(C(F)(F)F)cc1NC(=O)CSCc1cccnc1. The second kappa shape index (κ2) is 8.70. The molecule has 0 fully saturated rings. The maximum atomic E-state index is 12.9. The second-order valence-corrected chi connectivity index (χ2v) is 6.14. The minimum absolute atomic E-state index is 0.00571. The summed E-state index contributed by atoms with van der Waals surface area (Å²) in [6, 6.07) is 6.07. The van der Waals surface area contributed by atoms with Gasteiger partial charge in [0.25, 0.3) is 0 Å². The fraction of sp³-hybridized carbons (Fsp3) is 0.235. The Hall–Kier alpha value is -2.55. The van der Waals surface area contributed by atoms with E-state index in [0.29, 0.717) is 5.75 Å². The number of carbonyl (C=O) groups excluding carboxylic acids is 2. The number of hydrogen-bond acceptors (Lipinski definition) is 5. The van der Waals surface area contributed by atoms with Gasteiger partial charge in [0, 0.05) is 18.1 Å². The summed E-state index contributed by atoms with van der Waals surface area (Å²) in [6.45, 7) is 0. The number of rotatable bonds is 6. The summed E-state index contributed by atoms with van der Waals surface area (Å²) in [5.41, 5.74) is -0.437. The molecule has 0 aliphatic carbocycles. The van der Waals surface area contributed by atoms with Crippen molar-refractivity contribution in [1.29, 1.82) is 0 Å². The Labute approximate surface area is 152 Å². The fourth-order valence-corrected chi connectivity index (χ4v) is 2.81. The first-order valence-corrected chi connectivity index (χ1v) is 8.53. The topological polar surface area (TPSA) is 68.3 Å². The van der Waals surface area contributed by atoms with Gasteiger partial charge >= 0.3 is 12.1 Å². The molecular formula is C17H15F3N2O3S. The lowest BCUT2D eigenvalue weighted by molar-refractivity contribution is -0.137. The van der Waals surface area contributed by atoms with E-state index < -0.39 is 23.6 Å². The number of carbonyl (C=O) groups is 2. The summed E-state index contributed by atoms with van der Waals surface area (Å²) < 4.78 is 43.2. The van der Waals surface area contributed by atoms with Crippen molar-refractivity contribution in [3.8, 4) is 0 Å². The first-order chi connectivity index (χ1) is 12.3. The smallest absolute Gasteiger partial charge is 0.416 e. The monoisotopic (exact) mass is 384 g/mol. The molecular weight excluding hydrogens is 369 g/mol. The quantitative estimate of drug-likeness (QED) is 0.768. The number of aromatic nitrogens is 1. The van der Waals surface area contributed by atoms with E-state index in [2.05, 4.69) is 15.0 Å². The van der Waals surface area contributed by atoms with Gasteiger partial charge in [-0.05, 0) is 29.8 Å². The summed E-state index contributed by atoms with van der Waals surface area (Å²) in [5.74, 6) is -0.833. The average Bonchev–Trinajstić information content (AvgIpc) is 2.61. The molecule has 2 aromatic rings. The van der Waals surface area contributed by atoms with E-state index >= 15 is 0 Å². The maximum absolute atomic E-state index is 12.9. The van der Waals surface area contributed by atoms with Crippen molar-refractivity contribution >= 4 is 29.3 Å². The number of thioether (sulfide) groups is 1. The van der Waals surface area contributed by atoms with Gasteiger partial charge in [-0.15, -0.1) is 11.8 Å². The first-order valence-electron chi connectivity index (χ1n) is 7.37. The summed E-state index contributed by atoms with van der Waals surface area (Å²) in [4.78, 5) is 27.7. The minimum atomic E-state index is -4.59. The zero-order chi connectivity index (χ0) is 19.2. The number of benzene rings is 1. The maximum Gasteiger partial charge on any atom is 0.416 e. The molecule has 1 aromatic heterocycles. The van der Waals surface area contributed by atoms with Gasteiger partial charge in [0.2, 0.25) is 5.91 Å². The third-order valence-corrected chi connectivity index (χ3v) is 4.25. The van der Waals surface area contributed by atoms with Crippen molar-refractivity contribution < 1.29 is 27.5 Å². The van der Waals surface area contributed by atoms with E-state index in [1.165, 1.54) is 11.8 Å². The predicted octanol–water partition coefficient (Wildman–Crippen LogP) is 3.76. The van der Waals surface area contributed by atoms with Crippen molar-refractivity contribution in [3.63, 3.8) is 0 Å². The number of pyridine rings is 1. The van der Waals surface area contributed by atoms with Crippen LogP contribution in [0.5, 0.6) is 0 Å². The zero-order valence-corrected chi connectivity index (χ0v) is 14.5. The van der Waals surface area contributed by atoms with Gasteiger partial charge < -0.3 is 10.1 Å². The van der Waals surface area contributed by atoms with E-state index in [1.54, 1.807) is 18.5 Å². The molecule has 1 amide bonds. The number of anilines is 1. The van der Waals surface area contributed by atoms with Crippen LogP contribution in [0.25, 0.3) is 0 Å². The minimum Gasteiger partial charge on any atom is -0.465 e. The molecule has 1 N–H and O–H groups in total. The molecule has 0 bridgehead atoms. The molecule has 0 aliphatic heterocycles. The Morgan fingerprint density at radius 2 is 2.04 bits per heavy atom. The lowest BCUT2D eigenvalue weighted by Gasteiger charge is -2.13. The highest BCUT2D eigenvalue weighted by Gasteiger charge is 2.32. The van der Waals surface area contributed by atoms with Crippen LogP contribution in [-0.2, 0) is 21.5 Å². The van der Waals surface area contributed by atoms with Gasteiger partial charge in [-0.3, -0.25) is 9.78 Å². The standard InChI is InChI=1S/C17H15F3N2O3S/c1-25-16(24)13-5-4-12(17(18,19)20)7-14(13)22-15(23)10-26-9-11-3-2-6-21-8-11/h2-8H,9-10H2,1H3,(H,22,23). The number of nitrogens with zero attached hydrogens (tertiary/aromatic N) is 1. The van der Waals surface area contributed by atoms with Crippen LogP contribution in [0.3, 0.4) is 0 Å². The number of amides is 1. The summed E-state index contributed by atoms with van der Waals surface area (Å²) >= 11 is 1.27. The van der Waals surface area contributed by atoms with E-state index in [0.717, 1.165) is 30.9 Å². The molecule has 0 saturated heterocycles. The molecule has 1 heterocycles. The van der Waals surface area contributed by atoms with Crippen LogP contribution in [0.1, 0.15) is 21.5 Å². The number of esters is 1. The Balaban J connectivity index is 2.07. The lowest BCUT2D eigenvalue weighted by Crippen LogP contribution is -2.18. The molecule has 0 atom stereocenters. The highest BCUT2D eigenvalue weighted by molar-refractivity contribution is 7.99. The van der Waals surface area contributed by atoms with Crippen LogP contribution in [0.15, 0.2) is 42.7 Å².